The van der Waals surface area contributed by atoms with Gasteiger partial charge < -0.3 is 4.90 Å². The fraction of sp³-hybridized carbons (Fsp3) is 0.409. The first kappa shape index (κ1) is 20.9. The zero-order valence-electron chi connectivity index (χ0n) is 17.8. The average molecular weight is 422 g/mol. The van der Waals surface area contributed by atoms with E-state index in [1.54, 1.807) is 12.1 Å². The van der Waals surface area contributed by atoms with E-state index in [9.17, 15) is 10.1 Å². The van der Waals surface area contributed by atoms with Crippen molar-refractivity contribution in [3.8, 4) is 0 Å². The number of hydrogen-bond acceptors (Lipinski definition) is 7. The van der Waals surface area contributed by atoms with Crippen LogP contribution in [0.5, 0.6) is 0 Å². The number of nitrogens with zero attached hydrogens (tertiary/aromatic N) is 7. The predicted octanol–water partition coefficient (Wildman–Crippen LogP) is 3.15. The number of non-ortho nitro benzene ring substituents is 1. The summed E-state index contributed by atoms with van der Waals surface area (Å²) in [4.78, 5) is 15.2. The summed E-state index contributed by atoms with van der Waals surface area (Å²) >= 11 is 0. The summed E-state index contributed by atoms with van der Waals surface area (Å²) < 4.78 is 1.91. The Bertz CT molecular complexity index is 996. The fourth-order valence-electron chi connectivity index (χ4n) is 4.22. The van der Waals surface area contributed by atoms with Crippen molar-refractivity contribution in [2.45, 2.75) is 26.4 Å². The van der Waals surface area contributed by atoms with E-state index in [1.807, 2.05) is 35.0 Å². The maximum Gasteiger partial charge on any atom is 0.269 e. The zero-order valence-corrected chi connectivity index (χ0v) is 17.8. The third-order valence-corrected chi connectivity index (χ3v) is 5.76. The fourth-order valence-corrected chi connectivity index (χ4v) is 4.22. The number of tetrazole rings is 1. The van der Waals surface area contributed by atoms with Crippen LogP contribution in [0.15, 0.2) is 54.6 Å². The maximum atomic E-state index is 10.9. The van der Waals surface area contributed by atoms with E-state index in [2.05, 4.69) is 51.3 Å². The highest BCUT2D eigenvalue weighted by Crippen LogP contribution is 2.29. The van der Waals surface area contributed by atoms with Crippen LogP contribution in [-0.2, 0) is 6.54 Å². The van der Waals surface area contributed by atoms with E-state index < -0.39 is 0 Å². The Hall–Kier alpha value is -3.33. The molecule has 2 aromatic carbocycles. The van der Waals surface area contributed by atoms with Gasteiger partial charge in [-0.3, -0.25) is 15.0 Å². The minimum atomic E-state index is -0.366. The first-order valence-electron chi connectivity index (χ1n) is 10.6. The van der Waals surface area contributed by atoms with Gasteiger partial charge in [-0.2, -0.15) is 0 Å². The normalized spacial score (nSPS) is 15.9. The molecule has 0 bridgehead atoms. The molecule has 0 N–H and O–H groups in total. The first-order chi connectivity index (χ1) is 15.0. The van der Waals surface area contributed by atoms with Gasteiger partial charge in [0.25, 0.3) is 5.69 Å². The van der Waals surface area contributed by atoms with Crippen LogP contribution in [0.25, 0.3) is 0 Å². The molecule has 0 unspecified atom stereocenters. The molecule has 1 aromatic heterocycles. The SMILES string of the molecule is CC(C)[C@H](c1nnnn1Cc1ccccc1)N1CCN(c2ccc([N+](=O)[O-])cc2)CC1. The molecule has 2 heterocycles. The lowest BCUT2D eigenvalue weighted by Gasteiger charge is -2.41. The Labute approximate surface area is 181 Å². The van der Waals surface area contributed by atoms with Crippen molar-refractivity contribution in [2.75, 3.05) is 31.1 Å². The van der Waals surface area contributed by atoms with Gasteiger partial charge in [0.15, 0.2) is 5.82 Å². The molecule has 1 saturated heterocycles. The highest BCUT2D eigenvalue weighted by molar-refractivity contribution is 5.51. The summed E-state index contributed by atoms with van der Waals surface area (Å²) in [6.07, 6.45) is 0. The Morgan fingerprint density at radius 2 is 1.68 bits per heavy atom. The lowest BCUT2D eigenvalue weighted by atomic mass is 10.0. The van der Waals surface area contributed by atoms with Crippen molar-refractivity contribution in [3.63, 3.8) is 0 Å². The number of anilines is 1. The number of rotatable bonds is 7. The van der Waals surface area contributed by atoms with E-state index in [0.717, 1.165) is 37.7 Å². The van der Waals surface area contributed by atoms with Gasteiger partial charge in [-0.1, -0.05) is 44.2 Å². The van der Waals surface area contributed by atoms with Crippen molar-refractivity contribution in [1.29, 1.82) is 0 Å². The van der Waals surface area contributed by atoms with Gasteiger partial charge in [0, 0.05) is 44.0 Å². The van der Waals surface area contributed by atoms with Gasteiger partial charge >= 0.3 is 0 Å². The Balaban J connectivity index is 1.46. The lowest BCUT2D eigenvalue weighted by Crippen LogP contribution is -2.49. The number of benzene rings is 2. The summed E-state index contributed by atoms with van der Waals surface area (Å²) in [7, 11) is 0. The highest BCUT2D eigenvalue weighted by Gasteiger charge is 2.31. The van der Waals surface area contributed by atoms with Gasteiger partial charge in [-0.05, 0) is 34.0 Å². The van der Waals surface area contributed by atoms with Gasteiger partial charge in [0.05, 0.1) is 17.5 Å². The minimum Gasteiger partial charge on any atom is -0.369 e. The molecule has 31 heavy (non-hydrogen) atoms. The Morgan fingerprint density at radius 1 is 1.00 bits per heavy atom. The topological polar surface area (TPSA) is 93.2 Å². The number of aromatic nitrogens is 4. The van der Waals surface area contributed by atoms with E-state index in [4.69, 9.17) is 0 Å². The van der Waals surface area contributed by atoms with Crippen LogP contribution in [-0.4, -0.2) is 56.2 Å². The van der Waals surface area contributed by atoms with E-state index in [1.165, 1.54) is 5.56 Å². The lowest BCUT2D eigenvalue weighted by molar-refractivity contribution is -0.384. The largest absolute Gasteiger partial charge is 0.369 e. The molecule has 9 heteroatoms. The third kappa shape index (κ3) is 4.72. The second kappa shape index (κ2) is 9.22. The van der Waals surface area contributed by atoms with Crippen molar-refractivity contribution in [1.82, 2.24) is 25.1 Å². The van der Waals surface area contributed by atoms with Gasteiger partial charge in [0.1, 0.15) is 0 Å². The molecule has 162 valence electrons. The minimum absolute atomic E-state index is 0.118. The molecule has 0 aliphatic carbocycles. The van der Waals surface area contributed by atoms with Crippen LogP contribution < -0.4 is 4.90 Å². The predicted molar refractivity (Wildman–Crippen MR) is 118 cm³/mol. The second-order valence-corrected chi connectivity index (χ2v) is 8.17. The summed E-state index contributed by atoms with van der Waals surface area (Å²) in [5.41, 5.74) is 2.30. The molecule has 1 aliphatic rings. The molecule has 0 radical (unpaired) electrons. The number of nitro benzene ring substituents is 1. The van der Waals surface area contributed by atoms with Crippen LogP contribution in [0.4, 0.5) is 11.4 Å². The molecule has 0 spiro atoms. The second-order valence-electron chi connectivity index (χ2n) is 8.17. The third-order valence-electron chi connectivity index (χ3n) is 5.76. The summed E-state index contributed by atoms with van der Waals surface area (Å²) in [6, 6.07) is 17.1. The molecule has 9 nitrogen and oxygen atoms in total. The number of piperazine rings is 1. The van der Waals surface area contributed by atoms with Gasteiger partial charge in [-0.15, -0.1) is 5.10 Å². The molecule has 3 aromatic rings. The Kier molecular flexibility index (Phi) is 6.22. The summed E-state index contributed by atoms with van der Waals surface area (Å²) in [6.45, 7) is 8.50. The maximum absolute atomic E-state index is 10.9. The molecule has 1 fully saturated rings. The van der Waals surface area contributed by atoms with Gasteiger partial charge in [0.2, 0.25) is 0 Å². The van der Waals surface area contributed by atoms with Crippen LogP contribution in [0.3, 0.4) is 0 Å². The summed E-state index contributed by atoms with van der Waals surface area (Å²) in [5, 5.41) is 23.5. The van der Waals surface area contributed by atoms with E-state index >= 15 is 0 Å². The smallest absolute Gasteiger partial charge is 0.269 e. The van der Waals surface area contributed by atoms with Gasteiger partial charge in [-0.25, -0.2) is 4.68 Å². The highest BCUT2D eigenvalue weighted by atomic mass is 16.6. The monoisotopic (exact) mass is 421 g/mol. The molecule has 4 rings (SSSR count). The van der Waals surface area contributed by atoms with E-state index in [0.29, 0.717) is 12.5 Å². The number of hydrogen-bond donors (Lipinski definition) is 0. The first-order valence-corrected chi connectivity index (χ1v) is 10.6. The standard InChI is InChI=1S/C22H27N7O2/c1-17(2)21(22-23-24-25-28(22)16-18-6-4-3-5-7-18)27-14-12-26(13-15-27)19-8-10-20(11-9-19)29(30)31/h3-11,17,21H,12-16H2,1-2H3/t21-/m1/s1. The molecular formula is C22H27N7O2. The van der Waals surface area contributed by atoms with Crippen molar-refractivity contribution >= 4 is 11.4 Å². The molecule has 0 amide bonds. The average Bonchev–Trinajstić information content (AvgIpc) is 3.22. The molecule has 1 aliphatic heterocycles. The Morgan fingerprint density at radius 3 is 2.29 bits per heavy atom. The number of nitro groups is 1. The van der Waals surface area contributed by atoms with E-state index in [-0.39, 0.29) is 16.7 Å². The van der Waals surface area contributed by atoms with Crippen molar-refractivity contribution in [2.24, 2.45) is 5.92 Å². The van der Waals surface area contributed by atoms with Crippen LogP contribution in [0, 0.1) is 16.0 Å². The van der Waals surface area contributed by atoms with Crippen molar-refractivity contribution in [3.05, 3.63) is 76.1 Å². The van der Waals surface area contributed by atoms with Crippen LogP contribution in [0.1, 0.15) is 31.3 Å². The molecule has 1 atom stereocenters. The quantitative estimate of drug-likeness (QED) is 0.427. The van der Waals surface area contributed by atoms with Crippen LogP contribution in [0.2, 0.25) is 0 Å². The summed E-state index contributed by atoms with van der Waals surface area (Å²) in [5.74, 6) is 1.24. The molecule has 0 saturated carbocycles. The molecular weight excluding hydrogens is 394 g/mol. The van der Waals surface area contributed by atoms with Crippen molar-refractivity contribution < 1.29 is 4.92 Å². The van der Waals surface area contributed by atoms with Crippen LogP contribution >= 0.6 is 0 Å². The zero-order chi connectivity index (χ0) is 21.8.